The number of rotatable bonds is 10. The van der Waals surface area contributed by atoms with E-state index < -0.39 is 12.2 Å². The lowest BCUT2D eigenvalue weighted by molar-refractivity contribution is 0.105. The fourth-order valence-electron chi connectivity index (χ4n) is 3.40. The summed E-state index contributed by atoms with van der Waals surface area (Å²) in [5.74, 6) is 0.869. The number of aromatic hydroxyl groups is 1. The minimum Gasteiger partial charge on any atom is -0.508 e. The maximum absolute atomic E-state index is 9.97. The maximum atomic E-state index is 9.97. The van der Waals surface area contributed by atoms with Gasteiger partial charge in [0.1, 0.15) is 24.2 Å². The van der Waals surface area contributed by atoms with Crippen LogP contribution >= 0.6 is 0 Å². The van der Waals surface area contributed by atoms with Crippen molar-refractivity contribution in [3.8, 4) is 11.5 Å². The molecule has 0 amide bonds. The van der Waals surface area contributed by atoms with Gasteiger partial charge >= 0.3 is 0 Å². The number of ether oxygens (including phenoxy) is 1. The Bertz CT molecular complexity index is 1060. The van der Waals surface area contributed by atoms with E-state index in [1.165, 1.54) is 6.07 Å². The summed E-state index contributed by atoms with van der Waals surface area (Å²) in [4.78, 5) is 0. The Morgan fingerprint density at radius 1 is 0.917 bits per heavy atom. The van der Waals surface area contributed by atoms with Gasteiger partial charge in [-0.05, 0) is 49.9 Å². The molecule has 0 bridgehead atoms. The molecule has 0 radical (unpaired) electrons. The lowest BCUT2D eigenvalue weighted by Gasteiger charge is -2.23. The smallest absolute Gasteiger partial charge is 0.127 e. The van der Waals surface area contributed by atoms with Crippen molar-refractivity contribution in [1.29, 1.82) is 0 Å². The van der Waals surface area contributed by atoms with Crippen LogP contribution in [0.5, 0.6) is 11.5 Å². The minimum atomic E-state index is -0.653. The number of hydrogen-bond donors (Lipinski definition) is 6. The number of benzene rings is 3. The van der Waals surface area contributed by atoms with Crippen LogP contribution in [0.25, 0.3) is 10.8 Å². The van der Waals surface area contributed by atoms with Crippen LogP contribution in [0.4, 0.5) is 0 Å². The summed E-state index contributed by atoms with van der Waals surface area (Å²) in [6.45, 7) is 11.2. The Balaban J connectivity index is 0.000000255. The van der Waals surface area contributed by atoms with Crippen LogP contribution in [-0.2, 0) is 6.61 Å². The molecule has 0 saturated carbocycles. The van der Waals surface area contributed by atoms with Gasteiger partial charge in [-0.2, -0.15) is 0 Å². The van der Waals surface area contributed by atoms with Crippen LogP contribution in [0.2, 0.25) is 0 Å². The van der Waals surface area contributed by atoms with Crippen LogP contribution in [0.15, 0.2) is 60.7 Å². The number of aliphatic hydroxyl groups excluding tert-OH is 3. The van der Waals surface area contributed by atoms with Crippen LogP contribution in [-0.4, -0.2) is 57.8 Å². The lowest BCUT2D eigenvalue weighted by atomic mass is 10.0. The number of nitrogens with one attached hydrogen (secondary N) is 2. The Hall–Kier alpha value is -2.68. The van der Waals surface area contributed by atoms with E-state index in [4.69, 9.17) is 9.84 Å². The zero-order valence-corrected chi connectivity index (χ0v) is 22.0. The number of aliphatic hydroxyl groups is 3. The molecule has 7 heteroatoms. The predicted octanol–water partition coefficient (Wildman–Crippen LogP) is 3.88. The SMILES string of the molecule is CC(C)(C)NCC(O)c1ccc(O)c(CO)c1.CC(C)NCC(O)COc1cccc2ccccc12. The lowest BCUT2D eigenvalue weighted by Crippen LogP contribution is -2.38. The van der Waals surface area contributed by atoms with Crippen LogP contribution in [0.1, 0.15) is 51.8 Å². The third kappa shape index (κ3) is 10.1. The first-order valence-electron chi connectivity index (χ1n) is 12.4. The van der Waals surface area contributed by atoms with Gasteiger partial charge in [-0.15, -0.1) is 0 Å². The van der Waals surface area contributed by atoms with E-state index in [-0.39, 0.29) is 17.9 Å². The number of hydrogen-bond acceptors (Lipinski definition) is 7. The van der Waals surface area contributed by atoms with Gasteiger partial charge in [0, 0.05) is 35.6 Å². The summed E-state index contributed by atoms with van der Waals surface area (Å²) in [5.41, 5.74) is 1.05. The van der Waals surface area contributed by atoms with Crippen molar-refractivity contribution in [2.24, 2.45) is 0 Å². The summed E-state index contributed by atoms with van der Waals surface area (Å²) in [7, 11) is 0. The highest BCUT2D eigenvalue weighted by molar-refractivity contribution is 5.88. The van der Waals surface area contributed by atoms with Gasteiger partial charge in [0.2, 0.25) is 0 Å². The Kier molecular flexibility index (Phi) is 11.6. The van der Waals surface area contributed by atoms with Crippen molar-refractivity contribution in [2.75, 3.05) is 19.7 Å². The summed E-state index contributed by atoms with van der Waals surface area (Å²) in [6, 6.07) is 19.2. The molecular weight excluding hydrogens is 456 g/mol. The summed E-state index contributed by atoms with van der Waals surface area (Å²) >= 11 is 0. The number of β-amino-alcohol motifs (C(OH)–C–C–N with tert-alkyl or cyclic N) is 1. The van der Waals surface area contributed by atoms with E-state index in [1.807, 2.05) is 51.1 Å². The molecule has 7 nitrogen and oxygen atoms in total. The zero-order valence-electron chi connectivity index (χ0n) is 22.0. The molecule has 2 atom stereocenters. The molecule has 2 unspecified atom stereocenters. The Morgan fingerprint density at radius 3 is 2.28 bits per heavy atom. The van der Waals surface area contributed by atoms with Gasteiger partial charge in [0.15, 0.2) is 0 Å². The van der Waals surface area contributed by atoms with Gasteiger partial charge in [-0.3, -0.25) is 0 Å². The van der Waals surface area contributed by atoms with E-state index in [9.17, 15) is 15.3 Å². The number of fused-ring (bicyclic) bond motifs is 1. The highest BCUT2D eigenvalue weighted by atomic mass is 16.5. The first-order chi connectivity index (χ1) is 17.0. The minimum absolute atomic E-state index is 0.0484. The molecule has 0 aliphatic rings. The van der Waals surface area contributed by atoms with Gasteiger partial charge in [0.25, 0.3) is 0 Å². The second-order valence-corrected chi connectivity index (χ2v) is 10.2. The molecule has 0 aliphatic carbocycles. The second kappa shape index (κ2) is 14.2. The molecule has 36 heavy (non-hydrogen) atoms. The summed E-state index contributed by atoms with van der Waals surface area (Å²) < 4.78 is 5.72. The Labute approximate surface area is 214 Å². The normalized spacial score (nSPS) is 13.2. The predicted molar refractivity (Wildman–Crippen MR) is 145 cm³/mol. The molecule has 0 spiro atoms. The summed E-state index contributed by atoms with van der Waals surface area (Å²) in [6.07, 6.45) is -1.15. The maximum Gasteiger partial charge on any atom is 0.127 e. The van der Waals surface area contributed by atoms with Crippen molar-refractivity contribution in [2.45, 2.75) is 65.0 Å². The van der Waals surface area contributed by atoms with Gasteiger partial charge < -0.3 is 35.8 Å². The molecule has 3 aromatic carbocycles. The van der Waals surface area contributed by atoms with E-state index in [0.29, 0.717) is 36.9 Å². The van der Waals surface area contributed by atoms with Gasteiger partial charge in [-0.25, -0.2) is 0 Å². The second-order valence-electron chi connectivity index (χ2n) is 10.2. The van der Waals surface area contributed by atoms with Gasteiger partial charge in [0.05, 0.1) is 12.7 Å². The molecule has 0 saturated heterocycles. The average molecular weight is 499 g/mol. The third-order valence-corrected chi connectivity index (χ3v) is 5.43. The fourth-order valence-corrected chi connectivity index (χ4v) is 3.40. The van der Waals surface area contributed by atoms with E-state index in [0.717, 1.165) is 16.5 Å². The van der Waals surface area contributed by atoms with Crippen molar-refractivity contribution >= 4 is 10.8 Å². The van der Waals surface area contributed by atoms with E-state index >= 15 is 0 Å². The standard InChI is InChI=1S/C16H21NO2.C13H21NO3/c1-12(2)17-10-14(18)11-19-16-9-5-7-13-6-3-4-8-15(13)16;1-13(2,3)14-7-12(17)9-4-5-11(16)10(6-9)8-15/h3-9,12,14,17-18H,10-11H2,1-2H3;4-6,12,14-17H,7-8H2,1-3H3. The molecule has 0 aliphatic heterocycles. The molecule has 0 aromatic heterocycles. The van der Waals surface area contributed by atoms with E-state index in [1.54, 1.807) is 12.1 Å². The Morgan fingerprint density at radius 2 is 1.61 bits per heavy atom. The first kappa shape index (κ1) is 29.5. The summed E-state index contributed by atoms with van der Waals surface area (Å²) in [5, 5.41) is 46.9. The van der Waals surface area contributed by atoms with Crippen molar-refractivity contribution in [1.82, 2.24) is 10.6 Å². The molecule has 0 heterocycles. The highest BCUT2D eigenvalue weighted by Crippen LogP contribution is 2.25. The largest absolute Gasteiger partial charge is 0.508 e. The monoisotopic (exact) mass is 498 g/mol. The van der Waals surface area contributed by atoms with Crippen LogP contribution < -0.4 is 15.4 Å². The van der Waals surface area contributed by atoms with Crippen LogP contribution in [0, 0.1) is 0 Å². The molecule has 3 rings (SSSR count). The molecular formula is C29H42N2O5. The molecule has 0 fully saturated rings. The van der Waals surface area contributed by atoms with Crippen molar-refractivity contribution in [3.63, 3.8) is 0 Å². The van der Waals surface area contributed by atoms with Crippen LogP contribution in [0.3, 0.4) is 0 Å². The number of phenols is 1. The average Bonchev–Trinajstić information content (AvgIpc) is 2.85. The zero-order chi connectivity index (χ0) is 26.7. The molecule has 6 N–H and O–H groups in total. The fraction of sp³-hybridized carbons (Fsp3) is 0.448. The van der Waals surface area contributed by atoms with Crippen molar-refractivity contribution in [3.05, 3.63) is 71.8 Å². The molecule has 198 valence electrons. The molecule has 3 aromatic rings. The quantitative estimate of drug-likeness (QED) is 0.251. The highest BCUT2D eigenvalue weighted by Gasteiger charge is 2.14. The van der Waals surface area contributed by atoms with Crippen molar-refractivity contribution < 1.29 is 25.2 Å². The van der Waals surface area contributed by atoms with E-state index in [2.05, 4.69) is 36.6 Å². The van der Waals surface area contributed by atoms with Gasteiger partial charge in [-0.1, -0.05) is 56.3 Å². The topological polar surface area (TPSA) is 114 Å². The first-order valence-corrected chi connectivity index (χ1v) is 12.4. The third-order valence-electron chi connectivity index (χ3n) is 5.43.